The molecule has 2 N–H and O–H groups in total. The van der Waals surface area contributed by atoms with E-state index in [4.69, 9.17) is 0 Å². The van der Waals surface area contributed by atoms with E-state index in [0.29, 0.717) is 13.1 Å². The minimum absolute atomic E-state index is 0.129. The number of carbonyl (C=O) groups excluding carboxylic acids is 1. The molecule has 1 aliphatic rings. The normalized spacial score (nSPS) is 13.9. The van der Waals surface area contributed by atoms with E-state index in [0.717, 1.165) is 18.1 Å². The fourth-order valence-electron chi connectivity index (χ4n) is 2.47. The zero-order chi connectivity index (χ0) is 14.1. The van der Waals surface area contributed by atoms with Crippen molar-refractivity contribution in [3.8, 4) is 5.75 Å². The van der Waals surface area contributed by atoms with Gasteiger partial charge in [0.15, 0.2) is 0 Å². The van der Waals surface area contributed by atoms with Gasteiger partial charge in [-0.2, -0.15) is 0 Å². The highest BCUT2D eigenvalue weighted by molar-refractivity contribution is 5.96. The van der Waals surface area contributed by atoms with E-state index in [2.05, 4.69) is 11.1 Å². The average Bonchev–Trinajstić information content (AvgIpc) is 2.46. The molecule has 0 radical (unpaired) electrons. The summed E-state index contributed by atoms with van der Waals surface area (Å²) in [4.78, 5) is 27.5. The fraction of sp³-hybridized carbons (Fsp3) is 0.200. The lowest BCUT2D eigenvalue weighted by Gasteiger charge is -2.29. The maximum atomic E-state index is 12.4. The number of aromatic amines is 1. The van der Waals surface area contributed by atoms with Gasteiger partial charge in [-0.3, -0.25) is 9.59 Å². The van der Waals surface area contributed by atoms with E-state index >= 15 is 0 Å². The van der Waals surface area contributed by atoms with Gasteiger partial charge in [0.2, 0.25) is 0 Å². The quantitative estimate of drug-likeness (QED) is 0.819. The van der Waals surface area contributed by atoms with Crippen molar-refractivity contribution in [3.63, 3.8) is 0 Å². The fourth-order valence-corrected chi connectivity index (χ4v) is 2.47. The summed E-state index contributed by atoms with van der Waals surface area (Å²) in [5.74, 6) is -0.550. The summed E-state index contributed by atoms with van der Waals surface area (Å²) >= 11 is 0. The van der Waals surface area contributed by atoms with Gasteiger partial charge in [-0.25, -0.2) is 0 Å². The number of carbonyl (C=O) groups is 1. The molecule has 1 amide bonds. The zero-order valence-corrected chi connectivity index (χ0v) is 10.8. The van der Waals surface area contributed by atoms with Gasteiger partial charge in [-0.15, -0.1) is 0 Å². The minimum atomic E-state index is -0.428. The smallest absolute Gasteiger partial charge is 0.259 e. The lowest BCUT2D eigenvalue weighted by Crippen LogP contribution is -2.36. The molecule has 2 aromatic rings. The molecular weight excluding hydrogens is 256 g/mol. The summed E-state index contributed by atoms with van der Waals surface area (Å²) in [5.41, 5.74) is 2.07. The third-order valence-corrected chi connectivity index (χ3v) is 3.55. The maximum absolute atomic E-state index is 12.4. The molecule has 3 rings (SSSR count). The van der Waals surface area contributed by atoms with E-state index in [9.17, 15) is 14.7 Å². The SMILES string of the molecule is O=C(c1c[nH]c(=O)cc1O)N1CCc2ccccc2C1. The van der Waals surface area contributed by atoms with Gasteiger partial charge in [0, 0.05) is 25.4 Å². The van der Waals surface area contributed by atoms with Crippen LogP contribution in [0.5, 0.6) is 5.75 Å². The van der Waals surface area contributed by atoms with Crippen molar-refractivity contribution in [2.24, 2.45) is 0 Å². The third-order valence-electron chi connectivity index (χ3n) is 3.55. The Morgan fingerprint density at radius 1 is 1.25 bits per heavy atom. The number of pyridine rings is 1. The first-order valence-corrected chi connectivity index (χ1v) is 6.43. The van der Waals surface area contributed by atoms with Crippen LogP contribution in [0, 0.1) is 0 Å². The van der Waals surface area contributed by atoms with Crippen LogP contribution in [0.3, 0.4) is 0 Å². The molecule has 1 aromatic carbocycles. The molecule has 1 aromatic heterocycles. The molecule has 0 saturated carbocycles. The molecule has 20 heavy (non-hydrogen) atoms. The van der Waals surface area contributed by atoms with Crippen LogP contribution in [-0.2, 0) is 13.0 Å². The number of H-pyrrole nitrogens is 1. The Balaban J connectivity index is 1.87. The van der Waals surface area contributed by atoms with Crippen molar-refractivity contribution in [2.45, 2.75) is 13.0 Å². The molecule has 5 heteroatoms. The molecule has 102 valence electrons. The number of hydrogen-bond acceptors (Lipinski definition) is 3. The predicted molar refractivity (Wildman–Crippen MR) is 73.6 cm³/mol. The Bertz CT molecular complexity index is 721. The number of fused-ring (bicyclic) bond motifs is 1. The Morgan fingerprint density at radius 3 is 2.75 bits per heavy atom. The third kappa shape index (κ3) is 2.18. The van der Waals surface area contributed by atoms with E-state index < -0.39 is 5.56 Å². The van der Waals surface area contributed by atoms with Gasteiger partial charge in [0.1, 0.15) is 5.75 Å². The number of hydrogen-bond donors (Lipinski definition) is 2. The van der Waals surface area contributed by atoms with Gasteiger partial charge in [-0.05, 0) is 17.5 Å². The number of nitrogens with zero attached hydrogens (tertiary/aromatic N) is 1. The molecule has 0 saturated heterocycles. The van der Waals surface area contributed by atoms with E-state index in [1.165, 1.54) is 11.8 Å². The molecule has 0 aliphatic carbocycles. The first-order chi connectivity index (χ1) is 9.65. The highest BCUT2D eigenvalue weighted by atomic mass is 16.3. The summed E-state index contributed by atoms with van der Waals surface area (Å²) in [6.45, 7) is 1.13. The summed E-state index contributed by atoms with van der Waals surface area (Å²) in [6, 6.07) is 9.02. The molecule has 5 nitrogen and oxygen atoms in total. The largest absolute Gasteiger partial charge is 0.507 e. The molecule has 2 heterocycles. The standard InChI is InChI=1S/C15H14N2O3/c18-13-7-14(19)16-8-12(13)15(20)17-6-5-10-3-1-2-4-11(10)9-17/h1-4,7-8H,5-6,9H2,(H2,16,18,19). The first kappa shape index (κ1) is 12.5. The maximum Gasteiger partial charge on any atom is 0.259 e. The van der Waals surface area contributed by atoms with Crippen molar-refractivity contribution in [1.29, 1.82) is 0 Å². The number of aromatic hydroxyl groups is 1. The van der Waals surface area contributed by atoms with Crippen LogP contribution in [0.1, 0.15) is 21.5 Å². The molecule has 0 atom stereocenters. The highest BCUT2D eigenvalue weighted by Crippen LogP contribution is 2.22. The van der Waals surface area contributed by atoms with Crippen molar-refractivity contribution in [2.75, 3.05) is 6.54 Å². The second kappa shape index (κ2) is 4.85. The Hall–Kier alpha value is -2.56. The van der Waals surface area contributed by atoms with Crippen LogP contribution in [0.4, 0.5) is 0 Å². The van der Waals surface area contributed by atoms with Crippen molar-refractivity contribution in [3.05, 3.63) is 63.6 Å². The van der Waals surface area contributed by atoms with Crippen LogP contribution in [0.25, 0.3) is 0 Å². The zero-order valence-electron chi connectivity index (χ0n) is 10.8. The number of rotatable bonds is 1. The number of nitrogens with one attached hydrogen (secondary N) is 1. The molecule has 0 fully saturated rings. The Morgan fingerprint density at radius 2 is 2.00 bits per heavy atom. The second-order valence-electron chi connectivity index (χ2n) is 4.84. The van der Waals surface area contributed by atoms with Crippen LogP contribution in [0.2, 0.25) is 0 Å². The van der Waals surface area contributed by atoms with E-state index in [-0.39, 0.29) is 17.2 Å². The highest BCUT2D eigenvalue weighted by Gasteiger charge is 2.23. The van der Waals surface area contributed by atoms with E-state index in [1.54, 1.807) is 4.90 Å². The Kier molecular flexibility index (Phi) is 3.02. The van der Waals surface area contributed by atoms with Crippen molar-refractivity contribution < 1.29 is 9.90 Å². The van der Waals surface area contributed by atoms with Crippen LogP contribution in [-0.4, -0.2) is 27.4 Å². The second-order valence-corrected chi connectivity index (χ2v) is 4.84. The van der Waals surface area contributed by atoms with Crippen LogP contribution >= 0.6 is 0 Å². The van der Waals surface area contributed by atoms with Gasteiger partial charge < -0.3 is 15.0 Å². The number of aromatic nitrogens is 1. The van der Waals surface area contributed by atoms with Crippen LogP contribution < -0.4 is 5.56 Å². The summed E-state index contributed by atoms with van der Waals surface area (Å²) < 4.78 is 0. The first-order valence-electron chi connectivity index (χ1n) is 6.43. The molecule has 1 aliphatic heterocycles. The minimum Gasteiger partial charge on any atom is -0.507 e. The summed E-state index contributed by atoms with van der Waals surface area (Å²) in [6.07, 6.45) is 2.06. The predicted octanol–water partition coefficient (Wildman–Crippen LogP) is 1.28. The number of benzene rings is 1. The van der Waals surface area contributed by atoms with Gasteiger partial charge in [0.05, 0.1) is 5.56 Å². The summed E-state index contributed by atoms with van der Waals surface area (Å²) in [7, 11) is 0. The molecular formula is C15H14N2O3. The van der Waals surface area contributed by atoms with Gasteiger partial charge >= 0.3 is 0 Å². The lowest BCUT2D eigenvalue weighted by molar-refractivity contribution is 0.0731. The van der Waals surface area contributed by atoms with Gasteiger partial charge in [0.25, 0.3) is 11.5 Å². The van der Waals surface area contributed by atoms with E-state index in [1.807, 2.05) is 18.2 Å². The number of amides is 1. The monoisotopic (exact) mass is 270 g/mol. The van der Waals surface area contributed by atoms with Gasteiger partial charge in [-0.1, -0.05) is 24.3 Å². The molecule has 0 unspecified atom stereocenters. The molecule has 0 spiro atoms. The molecule has 0 bridgehead atoms. The average molecular weight is 270 g/mol. The Labute approximate surface area is 115 Å². The van der Waals surface area contributed by atoms with Crippen molar-refractivity contribution in [1.82, 2.24) is 9.88 Å². The topological polar surface area (TPSA) is 73.4 Å². The van der Waals surface area contributed by atoms with Crippen molar-refractivity contribution >= 4 is 5.91 Å². The summed E-state index contributed by atoms with van der Waals surface area (Å²) in [5, 5.41) is 9.72. The lowest BCUT2D eigenvalue weighted by atomic mass is 9.99. The van der Waals surface area contributed by atoms with Crippen LogP contribution in [0.15, 0.2) is 41.3 Å².